The van der Waals surface area contributed by atoms with Crippen molar-refractivity contribution in [3.8, 4) is 0 Å². The first-order valence-corrected chi connectivity index (χ1v) is 7.87. The van der Waals surface area contributed by atoms with Gasteiger partial charge in [0, 0.05) is 6.54 Å². The molecule has 1 amide bonds. The maximum atomic E-state index is 12.4. The van der Waals surface area contributed by atoms with Crippen LogP contribution in [-0.4, -0.2) is 41.5 Å². The summed E-state index contributed by atoms with van der Waals surface area (Å²) in [6, 6.07) is 0. The van der Waals surface area contributed by atoms with Crippen LogP contribution in [0.5, 0.6) is 0 Å². The molecule has 0 aromatic rings. The van der Waals surface area contributed by atoms with Crippen LogP contribution in [0.2, 0.25) is 0 Å². The maximum Gasteiger partial charge on any atom is 0.512 e. The van der Waals surface area contributed by atoms with Crippen LogP contribution in [-0.2, 0) is 14.0 Å². The number of ether oxygens (including phenoxy) is 1. The quantitative estimate of drug-likeness (QED) is 0.744. The van der Waals surface area contributed by atoms with Gasteiger partial charge in [0.1, 0.15) is 5.60 Å². The van der Waals surface area contributed by atoms with Crippen molar-refractivity contribution in [2.75, 3.05) is 6.54 Å². The summed E-state index contributed by atoms with van der Waals surface area (Å²) in [5.41, 5.74) is -0.756. The van der Waals surface area contributed by atoms with Crippen molar-refractivity contribution in [2.45, 2.75) is 79.1 Å². The van der Waals surface area contributed by atoms with Crippen LogP contribution in [0.15, 0.2) is 11.7 Å². The molecule has 0 unspecified atom stereocenters. The minimum Gasteiger partial charge on any atom is -0.443 e. The Kier molecular flexibility index (Phi) is 5.40. The Morgan fingerprint density at radius 1 is 1.18 bits per heavy atom. The van der Waals surface area contributed by atoms with Gasteiger partial charge in [0.25, 0.3) is 0 Å². The first-order valence-electron chi connectivity index (χ1n) is 7.87. The lowest BCUT2D eigenvalue weighted by Gasteiger charge is -2.32. The van der Waals surface area contributed by atoms with E-state index in [1.165, 1.54) is 0 Å². The van der Waals surface area contributed by atoms with Crippen LogP contribution in [0.1, 0.15) is 62.3 Å². The highest BCUT2D eigenvalue weighted by molar-refractivity contribution is 6.54. The van der Waals surface area contributed by atoms with Gasteiger partial charge in [-0.2, -0.15) is 0 Å². The number of allylic oxidation sites excluding steroid dienone is 1. The summed E-state index contributed by atoms with van der Waals surface area (Å²) in [6.45, 7) is 17.8. The fourth-order valence-corrected chi connectivity index (χ4v) is 2.12. The maximum absolute atomic E-state index is 12.4. The summed E-state index contributed by atoms with van der Waals surface area (Å²) < 4.78 is 17.6. The third kappa shape index (κ3) is 4.05. The van der Waals surface area contributed by atoms with Crippen LogP contribution >= 0.6 is 0 Å². The molecule has 0 spiro atoms. The molecule has 0 aromatic heterocycles. The Balaban J connectivity index is 2.98. The van der Waals surface area contributed by atoms with Gasteiger partial charge in [0.05, 0.1) is 16.8 Å². The first-order chi connectivity index (χ1) is 9.84. The van der Waals surface area contributed by atoms with Gasteiger partial charge in [0.2, 0.25) is 0 Å². The Morgan fingerprint density at radius 3 is 1.95 bits per heavy atom. The SMILES string of the molecule is C/C=C(/B1OC(C)(C)C(C)(C)O1)N(CC)C(=O)OC(C)(C)C. The standard InChI is InChI=1S/C16H30BNO4/c1-10-12(17-21-15(6,7)16(8,9)22-17)18(11-2)13(19)20-14(3,4)5/h10H,11H2,1-9H3/b12-10-. The fraction of sp³-hybridized carbons (Fsp3) is 0.812. The second-order valence-corrected chi connectivity index (χ2v) is 7.53. The summed E-state index contributed by atoms with van der Waals surface area (Å²) >= 11 is 0. The Hall–Kier alpha value is -1.01. The van der Waals surface area contributed by atoms with Gasteiger partial charge in [0.15, 0.2) is 0 Å². The lowest BCUT2D eigenvalue weighted by molar-refractivity contribution is 0.00578. The molecule has 1 saturated heterocycles. The average molecular weight is 311 g/mol. The van der Waals surface area contributed by atoms with E-state index >= 15 is 0 Å². The Morgan fingerprint density at radius 2 is 1.64 bits per heavy atom. The number of hydrogen-bond acceptors (Lipinski definition) is 4. The third-order valence-electron chi connectivity index (χ3n) is 4.03. The van der Waals surface area contributed by atoms with E-state index < -0.39 is 30.0 Å². The monoisotopic (exact) mass is 311 g/mol. The van der Waals surface area contributed by atoms with E-state index in [1.807, 2.05) is 68.4 Å². The van der Waals surface area contributed by atoms with Gasteiger partial charge in [-0.05, 0) is 62.3 Å². The second kappa shape index (κ2) is 6.24. The number of nitrogens with zero attached hydrogens (tertiary/aromatic N) is 1. The molecular formula is C16H30BNO4. The van der Waals surface area contributed by atoms with Gasteiger partial charge < -0.3 is 14.0 Å². The lowest BCUT2D eigenvalue weighted by atomic mass is 9.83. The van der Waals surface area contributed by atoms with Gasteiger partial charge in [-0.15, -0.1) is 0 Å². The summed E-state index contributed by atoms with van der Waals surface area (Å²) in [7, 11) is -0.581. The van der Waals surface area contributed by atoms with Crippen molar-refractivity contribution >= 4 is 13.2 Å². The minimum absolute atomic E-state index is 0.391. The van der Waals surface area contributed by atoms with Gasteiger partial charge >= 0.3 is 13.2 Å². The largest absolute Gasteiger partial charge is 0.512 e. The van der Waals surface area contributed by atoms with Crippen molar-refractivity contribution in [3.05, 3.63) is 11.7 Å². The van der Waals surface area contributed by atoms with E-state index in [9.17, 15) is 4.79 Å². The molecule has 1 aliphatic heterocycles. The lowest BCUT2D eigenvalue weighted by Crippen LogP contribution is -2.41. The van der Waals surface area contributed by atoms with Crippen LogP contribution in [0.25, 0.3) is 0 Å². The Bertz CT molecular complexity index is 436. The summed E-state index contributed by atoms with van der Waals surface area (Å²) in [4.78, 5) is 14.0. The van der Waals surface area contributed by atoms with Crippen molar-refractivity contribution in [1.82, 2.24) is 4.90 Å². The molecule has 22 heavy (non-hydrogen) atoms. The van der Waals surface area contributed by atoms with E-state index in [0.717, 1.165) is 0 Å². The van der Waals surface area contributed by atoms with Gasteiger partial charge in [-0.3, -0.25) is 4.90 Å². The van der Waals surface area contributed by atoms with E-state index in [-0.39, 0.29) is 0 Å². The zero-order chi connectivity index (χ0) is 17.3. The molecule has 0 aromatic carbocycles. The molecule has 0 N–H and O–H groups in total. The zero-order valence-electron chi connectivity index (χ0n) is 15.4. The highest BCUT2D eigenvalue weighted by Gasteiger charge is 2.53. The molecule has 0 atom stereocenters. The number of amides is 1. The molecule has 0 bridgehead atoms. The summed E-state index contributed by atoms with van der Waals surface area (Å²) in [5.74, 6) is 0. The smallest absolute Gasteiger partial charge is 0.443 e. The normalized spacial score (nSPS) is 21.0. The molecule has 1 fully saturated rings. The van der Waals surface area contributed by atoms with E-state index in [2.05, 4.69) is 0 Å². The molecule has 5 nitrogen and oxygen atoms in total. The summed E-state index contributed by atoms with van der Waals surface area (Å²) in [5, 5.41) is 0. The molecule has 0 aliphatic carbocycles. The second-order valence-electron chi connectivity index (χ2n) is 7.53. The summed E-state index contributed by atoms with van der Waals surface area (Å²) in [6.07, 6.45) is 1.45. The third-order valence-corrected chi connectivity index (χ3v) is 4.03. The van der Waals surface area contributed by atoms with Crippen LogP contribution in [0.3, 0.4) is 0 Å². The van der Waals surface area contributed by atoms with Crippen LogP contribution < -0.4 is 0 Å². The van der Waals surface area contributed by atoms with E-state index in [1.54, 1.807) is 4.90 Å². The van der Waals surface area contributed by atoms with Crippen LogP contribution in [0.4, 0.5) is 4.79 Å². The molecule has 126 valence electrons. The first kappa shape index (κ1) is 19.0. The average Bonchev–Trinajstić information content (AvgIpc) is 2.52. The molecule has 0 radical (unpaired) electrons. The van der Waals surface area contributed by atoms with E-state index in [0.29, 0.717) is 12.1 Å². The molecule has 1 heterocycles. The predicted octanol–water partition coefficient (Wildman–Crippen LogP) is 3.78. The zero-order valence-corrected chi connectivity index (χ0v) is 15.4. The number of hydrogen-bond donors (Lipinski definition) is 0. The topological polar surface area (TPSA) is 48.0 Å². The molecule has 1 aliphatic rings. The van der Waals surface area contributed by atoms with Crippen molar-refractivity contribution < 1.29 is 18.8 Å². The number of carbonyl (C=O) groups is 1. The molecule has 0 saturated carbocycles. The highest BCUT2D eigenvalue weighted by Crippen LogP contribution is 2.39. The number of carbonyl (C=O) groups excluding carboxylic acids is 1. The number of rotatable bonds is 3. The van der Waals surface area contributed by atoms with Gasteiger partial charge in [-0.1, -0.05) is 6.08 Å². The van der Waals surface area contributed by atoms with Gasteiger partial charge in [-0.25, -0.2) is 4.79 Å². The molecule has 6 heteroatoms. The van der Waals surface area contributed by atoms with Crippen molar-refractivity contribution in [3.63, 3.8) is 0 Å². The highest BCUT2D eigenvalue weighted by atomic mass is 16.7. The molecule has 1 rings (SSSR count). The van der Waals surface area contributed by atoms with Crippen molar-refractivity contribution in [2.24, 2.45) is 0 Å². The predicted molar refractivity (Wildman–Crippen MR) is 88.5 cm³/mol. The Labute approximate surface area is 135 Å². The van der Waals surface area contributed by atoms with Crippen molar-refractivity contribution in [1.29, 1.82) is 0 Å². The minimum atomic E-state index is -0.581. The van der Waals surface area contributed by atoms with Crippen LogP contribution in [0, 0.1) is 0 Å². The van der Waals surface area contributed by atoms with E-state index in [4.69, 9.17) is 14.0 Å². The molecular weight excluding hydrogens is 281 g/mol. The fourth-order valence-electron chi connectivity index (χ4n) is 2.12.